The summed E-state index contributed by atoms with van der Waals surface area (Å²) in [6, 6.07) is 7.99. The summed E-state index contributed by atoms with van der Waals surface area (Å²) in [5.41, 5.74) is 1.03. The fourth-order valence-electron chi connectivity index (χ4n) is 1.56. The summed E-state index contributed by atoms with van der Waals surface area (Å²) >= 11 is 6.62. The third kappa shape index (κ3) is 4.44. The number of Topliss-reactive ketones (excluding diaryl/α,β-unsaturated/α-hetero) is 1. The molecule has 0 unspecified atom stereocenters. The van der Waals surface area contributed by atoms with E-state index in [0.717, 1.165) is 20.1 Å². The van der Waals surface area contributed by atoms with Crippen molar-refractivity contribution in [2.45, 2.75) is 25.2 Å². The lowest BCUT2D eigenvalue weighted by atomic mass is 10.3. The Morgan fingerprint density at radius 3 is 2.84 bits per heavy atom. The van der Waals surface area contributed by atoms with Gasteiger partial charge in [-0.15, -0.1) is 23.1 Å². The Kier molecular flexibility index (Phi) is 5.19. The van der Waals surface area contributed by atoms with Gasteiger partial charge in [-0.2, -0.15) is 0 Å². The van der Waals surface area contributed by atoms with E-state index < -0.39 is 0 Å². The maximum absolute atomic E-state index is 11.9. The van der Waals surface area contributed by atoms with E-state index in [2.05, 4.69) is 20.9 Å². The molecule has 0 spiro atoms. The molecule has 1 heterocycles. The van der Waals surface area contributed by atoms with Crippen LogP contribution >= 0.6 is 39.0 Å². The maximum Gasteiger partial charge on any atom is 0.149 e. The van der Waals surface area contributed by atoms with Gasteiger partial charge in [0.1, 0.15) is 10.8 Å². The highest BCUT2D eigenvalue weighted by molar-refractivity contribution is 9.10. The van der Waals surface area contributed by atoms with E-state index in [-0.39, 0.29) is 5.78 Å². The Bertz CT molecular complexity index is 575. The Balaban J connectivity index is 1.88. The monoisotopic (exact) mass is 355 g/mol. The first-order chi connectivity index (χ1) is 9.04. The molecule has 0 saturated carbocycles. The topological polar surface area (TPSA) is 30.0 Å². The molecule has 100 valence electrons. The van der Waals surface area contributed by atoms with Gasteiger partial charge in [0.05, 0.1) is 17.9 Å². The van der Waals surface area contributed by atoms with Crippen molar-refractivity contribution in [3.05, 3.63) is 44.3 Å². The highest BCUT2D eigenvalue weighted by Gasteiger charge is 2.09. The van der Waals surface area contributed by atoms with Crippen molar-refractivity contribution in [3.8, 4) is 0 Å². The number of hydrogen-bond acceptors (Lipinski definition) is 4. The first-order valence-electron chi connectivity index (χ1n) is 5.87. The van der Waals surface area contributed by atoms with Crippen LogP contribution in [0.15, 0.2) is 33.6 Å². The maximum atomic E-state index is 11.9. The fraction of sp³-hybridized carbons (Fsp3) is 0.286. The van der Waals surface area contributed by atoms with Crippen LogP contribution in [0.5, 0.6) is 0 Å². The molecule has 0 aliphatic heterocycles. The highest BCUT2D eigenvalue weighted by atomic mass is 79.9. The molecule has 19 heavy (non-hydrogen) atoms. The summed E-state index contributed by atoms with van der Waals surface area (Å²) in [7, 11) is 0. The molecule has 2 nitrogen and oxygen atoms in total. The highest BCUT2D eigenvalue weighted by Crippen LogP contribution is 2.23. The second-order valence-corrected chi connectivity index (χ2v) is 7.46. The number of carbonyl (C=O) groups is 1. The number of aryl methyl sites for hydroxylation is 2. The number of nitrogens with zero attached hydrogens (tertiary/aromatic N) is 1. The van der Waals surface area contributed by atoms with Crippen molar-refractivity contribution in [2.75, 3.05) is 5.75 Å². The Hall–Kier alpha value is -0.650. The zero-order chi connectivity index (χ0) is 13.8. The van der Waals surface area contributed by atoms with Crippen LogP contribution in [0.3, 0.4) is 0 Å². The number of thioether (sulfide) groups is 1. The third-order valence-corrected chi connectivity index (χ3v) is 5.24. The van der Waals surface area contributed by atoms with Crippen LogP contribution < -0.4 is 0 Å². The summed E-state index contributed by atoms with van der Waals surface area (Å²) < 4.78 is 1.04. The number of hydrogen-bond donors (Lipinski definition) is 0. The average molecular weight is 356 g/mol. The van der Waals surface area contributed by atoms with Crippen LogP contribution in [0.4, 0.5) is 0 Å². The molecule has 0 aliphatic rings. The molecule has 0 saturated heterocycles. The predicted molar refractivity (Wildman–Crippen MR) is 85.2 cm³/mol. The molecule has 2 rings (SSSR count). The summed E-state index contributed by atoms with van der Waals surface area (Å²) in [6.07, 6.45) is 0.445. The minimum absolute atomic E-state index is 0.221. The second-order valence-electron chi connectivity index (χ2n) is 4.21. The second kappa shape index (κ2) is 6.68. The molecular formula is C14H14BrNOS2. The van der Waals surface area contributed by atoms with E-state index in [4.69, 9.17) is 0 Å². The largest absolute Gasteiger partial charge is 0.298 e. The Labute approximate surface area is 129 Å². The van der Waals surface area contributed by atoms with Crippen LogP contribution in [-0.2, 0) is 11.2 Å². The first-order valence-corrected chi connectivity index (χ1v) is 8.47. The fourth-order valence-corrected chi connectivity index (χ4v) is 3.88. The SMILES string of the molecule is Cc1nc(CC(=O)CSc2cccc(Br)c2)sc1C. The summed E-state index contributed by atoms with van der Waals surface area (Å²) in [4.78, 5) is 18.6. The van der Waals surface area contributed by atoms with Crippen LogP contribution in [0, 0.1) is 13.8 Å². The normalized spacial score (nSPS) is 10.7. The van der Waals surface area contributed by atoms with Gasteiger partial charge in [-0.05, 0) is 32.0 Å². The molecule has 5 heteroatoms. The zero-order valence-electron chi connectivity index (χ0n) is 10.8. The van der Waals surface area contributed by atoms with Crippen molar-refractivity contribution in [3.63, 3.8) is 0 Å². The van der Waals surface area contributed by atoms with E-state index >= 15 is 0 Å². The minimum atomic E-state index is 0.221. The number of aromatic nitrogens is 1. The van der Waals surface area contributed by atoms with Crippen molar-refractivity contribution in [1.82, 2.24) is 4.98 Å². The molecular weight excluding hydrogens is 342 g/mol. The van der Waals surface area contributed by atoms with Gasteiger partial charge in [0.2, 0.25) is 0 Å². The van der Waals surface area contributed by atoms with Crippen LogP contribution in [0.2, 0.25) is 0 Å². The van der Waals surface area contributed by atoms with Crippen molar-refractivity contribution < 1.29 is 4.79 Å². The molecule has 0 atom stereocenters. The lowest BCUT2D eigenvalue weighted by Gasteiger charge is -2.01. The van der Waals surface area contributed by atoms with E-state index in [1.807, 2.05) is 38.1 Å². The number of rotatable bonds is 5. The molecule has 0 N–H and O–H groups in total. The van der Waals surface area contributed by atoms with Crippen molar-refractivity contribution in [1.29, 1.82) is 0 Å². The third-order valence-electron chi connectivity index (χ3n) is 2.62. The van der Waals surface area contributed by atoms with Gasteiger partial charge in [0.15, 0.2) is 0 Å². The number of thiazole rings is 1. The van der Waals surface area contributed by atoms with E-state index in [1.165, 1.54) is 4.88 Å². The van der Waals surface area contributed by atoms with Gasteiger partial charge < -0.3 is 0 Å². The summed E-state index contributed by atoms with van der Waals surface area (Å²) in [6.45, 7) is 4.02. The van der Waals surface area contributed by atoms with Crippen molar-refractivity contribution >= 4 is 44.8 Å². The molecule has 0 aliphatic carbocycles. The molecule has 0 bridgehead atoms. The Morgan fingerprint density at radius 2 is 2.21 bits per heavy atom. The molecule has 2 aromatic rings. The van der Waals surface area contributed by atoms with Crippen LogP contribution in [0.1, 0.15) is 15.6 Å². The van der Waals surface area contributed by atoms with Gasteiger partial charge >= 0.3 is 0 Å². The summed E-state index contributed by atoms with van der Waals surface area (Å²) in [5.74, 6) is 0.715. The average Bonchev–Trinajstić information content (AvgIpc) is 2.66. The number of halogens is 1. The van der Waals surface area contributed by atoms with Crippen LogP contribution in [0.25, 0.3) is 0 Å². The van der Waals surface area contributed by atoms with Gasteiger partial charge in [-0.3, -0.25) is 4.79 Å². The lowest BCUT2D eigenvalue weighted by molar-refractivity contribution is -0.116. The molecule has 0 amide bonds. The smallest absolute Gasteiger partial charge is 0.149 e. The first kappa shape index (κ1) is 14.8. The van der Waals surface area contributed by atoms with E-state index in [9.17, 15) is 4.79 Å². The number of carbonyl (C=O) groups excluding carboxylic acids is 1. The molecule has 0 fully saturated rings. The van der Waals surface area contributed by atoms with Gasteiger partial charge in [0, 0.05) is 14.2 Å². The Morgan fingerprint density at radius 1 is 1.42 bits per heavy atom. The number of ketones is 1. The quantitative estimate of drug-likeness (QED) is 0.743. The van der Waals surface area contributed by atoms with Crippen LogP contribution in [-0.4, -0.2) is 16.5 Å². The van der Waals surface area contributed by atoms with Gasteiger partial charge in [0.25, 0.3) is 0 Å². The molecule has 0 radical (unpaired) electrons. The van der Waals surface area contributed by atoms with E-state index in [0.29, 0.717) is 12.2 Å². The van der Waals surface area contributed by atoms with Gasteiger partial charge in [-0.25, -0.2) is 4.98 Å². The van der Waals surface area contributed by atoms with E-state index in [1.54, 1.807) is 23.1 Å². The zero-order valence-corrected chi connectivity index (χ0v) is 14.0. The lowest BCUT2D eigenvalue weighted by Crippen LogP contribution is -2.05. The number of benzene rings is 1. The molecule has 1 aromatic heterocycles. The van der Waals surface area contributed by atoms with Gasteiger partial charge in [-0.1, -0.05) is 22.0 Å². The molecule has 1 aromatic carbocycles. The van der Waals surface area contributed by atoms with Crippen molar-refractivity contribution in [2.24, 2.45) is 0 Å². The standard InChI is InChI=1S/C14H14BrNOS2/c1-9-10(2)19-14(16-9)7-12(17)8-18-13-5-3-4-11(15)6-13/h3-6H,7-8H2,1-2H3. The minimum Gasteiger partial charge on any atom is -0.298 e. The predicted octanol–water partition coefficient (Wildman–Crippen LogP) is 4.43. The summed E-state index contributed by atoms with van der Waals surface area (Å²) in [5, 5.41) is 0.926.